The molecule has 3 atom stereocenters. The number of fused-ring (bicyclic) bond motifs is 1. The number of aryl methyl sites for hydroxylation is 1. The van der Waals surface area contributed by atoms with Gasteiger partial charge in [-0.25, -0.2) is 4.98 Å². The molecule has 3 heteroatoms. The zero-order chi connectivity index (χ0) is 15.2. The van der Waals surface area contributed by atoms with Gasteiger partial charge in [0.2, 0.25) is 0 Å². The number of imidazole rings is 1. The van der Waals surface area contributed by atoms with Gasteiger partial charge in [0, 0.05) is 6.04 Å². The van der Waals surface area contributed by atoms with E-state index in [-0.39, 0.29) is 6.04 Å². The standard InChI is InChI=1S/C18H27N3/c1-12-20-15-7-5-6-8-16(15)21(12)17-11-13(18(2,3)4)9-10-14(17)19/h5-8,13-14,17H,9-11,19H2,1-4H3. The van der Waals surface area contributed by atoms with Crippen LogP contribution in [0.25, 0.3) is 11.0 Å². The molecule has 21 heavy (non-hydrogen) atoms. The summed E-state index contributed by atoms with van der Waals surface area (Å²) in [6.07, 6.45) is 3.51. The van der Waals surface area contributed by atoms with E-state index < -0.39 is 0 Å². The first-order chi connectivity index (χ1) is 9.88. The fourth-order valence-electron chi connectivity index (χ4n) is 3.84. The topological polar surface area (TPSA) is 43.8 Å². The van der Waals surface area contributed by atoms with Gasteiger partial charge in [-0.1, -0.05) is 32.9 Å². The molecule has 0 amide bonds. The van der Waals surface area contributed by atoms with Crippen LogP contribution in [0.2, 0.25) is 0 Å². The minimum atomic E-state index is 0.236. The lowest BCUT2D eigenvalue weighted by Crippen LogP contribution is -2.41. The third-order valence-electron chi connectivity index (χ3n) is 5.20. The van der Waals surface area contributed by atoms with Crippen LogP contribution in [-0.2, 0) is 0 Å². The van der Waals surface area contributed by atoms with Gasteiger partial charge in [0.1, 0.15) is 5.82 Å². The number of hydrogen-bond acceptors (Lipinski definition) is 2. The van der Waals surface area contributed by atoms with Gasteiger partial charge in [-0.15, -0.1) is 0 Å². The second-order valence-electron chi connectivity index (χ2n) is 7.62. The summed E-state index contributed by atoms with van der Waals surface area (Å²) in [5.74, 6) is 1.81. The van der Waals surface area contributed by atoms with E-state index in [1.165, 1.54) is 11.9 Å². The summed E-state index contributed by atoms with van der Waals surface area (Å²) in [6, 6.07) is 9.01. The van der Waals surface area contributed by atoms with Gasteiger partial charge in [0.15, 0.2) is 0 Å². The highest BCUT2D eigenvalue weighted by molar-refractivity contribution is 5.76. The number of benzene rings is 1. The lowest BCUT2D eigenvalue weighted by atomic mass is 9.69. The Balaban J connectivity index is 2.02. The average Bonchev–Trinajstić information content (AvgIpc) is 2.74. The van der Waals surface area contributed by atoms with Crippen LogP contribution in [0.4, 0.5) is 0 Å². The van der Waals surface area contributed by atoms with E-state index in [0.29, 0.717) is 11.5 Å². The van der Waals surface area contributed by atoms with Crippen molar-refractivity contribution in [3.63, 3.8) is 0 Å². The summed E-state index contributed by atoms with van der Waals surface area (Å²) in [6.45, 7) is 9.16. The van der Waals surface area contributed by atoms with Crippen molar-refractivity contribution in [2.24, 2.45) is 17.1 Å². The quantitative estimate of drug-likeness (QED) is 0.858. The Bertz CT molecular complexity index is 635. The normalized spacial score (nSPS) is 27.2. The number of aromatic nitrogens is 2. The summed E-state index contributed by atoms with van der Waals surface area (Å²) in [5, 5.41) is 0. The zero-order valence-corrected chi connectivity index (χ0v) is 13.6. The van der Waals surface area contributed by atoms with Gasteiger partial charge >= 0.3 is 0 Å². The predicted molar refractivity (Wildman–Crippen MR) is 88.3 cm³/mol. The van der Waals surface area contributed by atoms with Crippen LogP contribution in [0.5, 0.6) is 0 Å². The molecule has 0 radical (unpaired) electrons. The Morgan fingerprint density at radius 1 is 1.19 bits per heavy atom. The molecule has 1 aromatic carbocycles. The fraction of sp³-hybridized carbons (Fsp3) is 0.611. The molecule has 3 nitrogen and oxygen atoms in total. The Kier molecular flexibility index (Phi) is 3.56. The molecule has 1 fully saturated rings. The number of hydrogen-bond donors (Lipinski definition) is 1. The van der Waals surface area contributed by atoms with Crippen LogP contribution in [-0.4, -0.2) is 15.6 Å². The van der Waals surface area contributed by atoms with E-state index in [0.717, 1.165) is 30.1 Å². The summed E-state index contributed by atoms with van der Waals surface area (Å²) in [5.41, 5.74) is 9.15. The molecule has 1 saturated carbocycles. The minimum Gasteiger partial charge on any atom is -0.326 e. The molecule has 0 bridgehead atoms. The van der Waals surface area contributed by atoms with Crippen LogP contribution < -0.4 is 5.73 Å². The molecule has 2 N–H and O–H groups in total. The molecule has 3 rings (SSSR count). The molecule has 0 saturated heterocycles. The zero-order valence-electron chi connectivity index (χ0n) is 13.6. The Morgan fingerprint density at radius 3 is 2.62 bits per heavy atom. The first-order valence-corrected chi connectivity index (χ1v) is 8.07. The first-order valence-electron chi connectivity index (χ1n) is 8.07. The SMILES string of the molecule is Cc1nc2ccccc2n1C1CC(C(C)(C)C)CCC1N. The molecule has 3 unspecified atom stereocenters. The third kappa shape index (κ3) is 2.59. The largest absolute Gasteiger partial charge is 0.326 e. The van der Waals surface area contributed by atoms with Crippen molar-refractivity contribution in [1.29, 1.82) is 0 Å². The third-order valence-corrected chi connectivity index (χ3v) is 5.20. The Labute approximate surface area is 127 Å². The highest BCUT2D eigenvalue weighted by Crippen LogP contribution is 2.42. The average molecular weight is 285 g/mol. The highest BCUT2D eigenvalue weighted by Gasteiger charge is 2.36. The van der Waals surface area contributed by atoms with Crippen molar-refractivity contribution in [3.05, 3.63) is 30.1 Å². The van der Waals surface area contributed by atoms with Gasteiger partial charge in [-0.2, -0.15) is 0 Å². The molecule has 1 aliphatic carbocycles. The lowest BCUT2D eigenvalue weighted by molar-refractivity contribution is 0.131. The van der Waals surface area contributed by atoms with Crippen molar-refractivity contribution in [2.75, 3.05) is 0 Å². The smallest absolute Gasteiger partial charge is 0.107 e. The van der Waals surface area contributed by atoms with Gasteiger partial charge in [-0.3, -0.25) is 0 Å². The molecule has 1 aromatic heterocycles. The van der Waals surface area contributed by atoms with Crippen molar-refractivity contribution < 1.29 is 0 Å². The van der Waals surface area contributed by atoms with Gasteiger partial charge in [-0.05, 0) is 49.7 Å². The lowest BCUT2D eigenvalue weighted by Gasteiger charge is -2.41. The second kappa shape index (κ2) is 5.13. The molecule has 2 aromatic rings. The van der Waals surface area contributed by atoms with E-state index in [2.05, 4.69) is 56.5 Å². The Hall–Kier alpha value is -1.35. The highest BCUT2D eigenvalue weighted by atomic mass is 15.1. The molecule has 1 aliphatic rings. The second-order valence-corrected chi connectivity index (χ2v) is 7.62. The monoisotopic (exact) mass is 285 g/mol. The maximum atomic E-state index is 6.49. The summed E-state index contributed by atoms with van der Waals surface area (Å²) >= 11 is 0. The van der Waals surface area contributed by atoms with Crippen LogP contribution in [0.15, 0.2) is 24.3 Å². The van der Waals surface area contributed by atoms with E-state index in [9.17, 15) is 0 Å². The van der Waals surface area contributed by atoms with Crippen LogP contribution in [0, 0.1) is 18.3 Å². The van der Waals surface area contributed by atoms with E-state index >= 15 is 0 Å². The summed E-state index contributed by atoms with van der Waals surface area (Å²) in [7, 11) is 0. The first kappa shape index (κ1) is 14.6. The van der Waals surface area contributed by atoms with Crippen molar-refractivity contribution in [2.45, 2.75) is 59.0 Å². The molecular weight excluding hydrogens is 258 g/mol. The van der Waals surface area contributed by atoms with E-state index in [4.69, 9.17) is 10.7 Å². The van der Waals surface area contributed by atoms with Gasteiger partial charge in [0.25, 0.3) is 0 Å². The number of para-hydroxylation sites is 2. The van der Waals surface area contributed by atoms with Crippen molar-refractivity contribution >= 4 is 11.0 Å². The Morgan fingerprint density at radius 2 is 1.90 bits per heavy atom. The van der Waals surface area contributed by atoms with Crippen LogP contribution >= 0.6 is 0 Å². The summed E-state index contributed by atoms with van der Waals surface area (Å²) < 4.78 is 2.39. The maximum absolute atomic E-state index is 6.49. The van der Waals surface area contributed by atoms with Crippen molar-refractivity contribution in [3.8, 4) is 0 Å². The molecular formula is C18H27N3. The van der Waals surface area contributed by atoms with Crippen LogP contribution in [0.1, 0.15) is 51.9 Å². The number of nitrogens with two attached hydrogens (primary N) is 1. The fourth-order valence-corrected chi connectivity index (χ4v) is 3.84. The number of rotatable bonds is 1. The molecule has 0 spiro atoms. The van der Waals surface area contributed by atoms with Crippen LogP contribution in [0.3, 0.4) is 0 Å². The predicted octanol–water partition coefficient (Wildman–Crippen LogP) is 4.06. The minimum absolute atomic E-state index is 0.236. The number of nitrogens with zero attached hydrogens (tertiary/aromatic N) is 2. The van der Waals surface area contributed by atoms with Gasteiger partial charge < -0.3 is 10.3 Å². The molecule has 0 aliphatic heterocycles. The molecule has 1 heterocycles. The maximum Gasteiger partial charge on any atom is 0.107 e. The van der Waals surface area contributed by atoms with Crippen molar-refractivity contribution in [1.82, 2.24) is 9.55 Å². The van der Waals surface area contributed by atoms with E-state index in [1.54, 1.807) is 0 Å². The summed E-state index contributed by atoms with van der Waals surface area (Å²) in [4.78, 5) is 4.72. The van der Waals surface area contributed by atoms with Gasteiger partial charge in [0.05, 0.1) is 17.1 Å². The molecule has 114 valence electrons. The van der Waals surface area contributed by atoms with E-state index in [1.807, 2.05) is 0 Å².